The van der Waals surface area contributed by atoms with Gasteiger partial charge in [0.25, 0.3) is 0 Å². The molecule has 0 saturated carbocycles. The number of aromatic nitrogens is 2. The van der Waals surface area contributed by atoms with E-state index in [9.17, 15) is 9.59 Å². The van der Waals surface area contributed by atoms with Crippen molar-refractivity contribution in [1.82, 2.24) is 9.78 Å². The van der Waals surface area contributed by atoms with Crippen molar-refractivity contribution in [1.29, 1.82) is 0 Å². The lowest BCUT2D eigenvalue weighted by molar-refractivity contribution is -0.116. The summed E-state index contributed by atoms with van der Waals surface area (Å²) in [4.78, 5) is 22.5. The quantitative estimate of drug-likeness (QED) is 0.753. The summed E-state index contributed by atoms with van der Waals surface area (Å²) < 4.78 is 1.19. The Morgan fingerprint density at radius 3 is 2.58 bits per heavy atom. The van der Waals surface area contributed by atoms with Gasteiger partial charge in [-0.1, -0.05) is 18.2 Å². The highest BCUT2D eigenvalue weighted by atomic mass is 16.4. The summed E-state index contributed by atoms with van der Waals surface area (Å²) in [5.74, 6) is -1.54. The zero-order valence-electron chi connectivity index (χ0n) is 9.91. The van der Waals surface area contributed by atoms with Crippen LogP contribution in [0, 0.1) is 0 Å². The molecule has 2 aromatic rings. The van der Waals surface area contributed by atoms with Gasteiger partial charge in [-0.05, 0) is 12.1 Å². The Morgan fingerprint density at radius 1 is 1.32 bits per heavy atom. The molecule has 1 aromatic carbocycles. The van der Waals surface area contributed by atoms with Gasteiger partial charge in [-0.3, -0.25) is 9.48 Å². The van der Waals surface area contributed by atoms with Crippen LogP contribution in [0.2, 0.25) is 0 Å². The zero-order valence-corrected chi connectivity index (χ0v) is 9.91. The summed E-state index contributed by atoms with van der Waals surface area (Å²) >= 11 is 0. The molecule has 7 heteroatoms. The van der Waals surface area contributed by atoms with Gasteiger partial charge in [0.05, 0.1) is 5.69 Å². The van der Waals surface area contributed by atoms with Crippen molar-refractivity contribution in [2.24, 2.45) is 0 Å². The number of carbonyl (C=O) groups is 2. The predicted molar refractivity (Wildman–Crippen MR) is 68.7 cm³/mol. The van der Waals surface area contributed by atoms with Crippen LogP contribution in [-0.2, 0) is 11.3 Å². The van der Waals surface area contributed by atoms with Gasteiger partial charge in [-0.2, -0.15) is 5.10 Å². The van der Waals surface area contributed by atoms with Crippen LogP contribution < -0.4 is 11.1 Å². The minimum atomic E-state index is -1.22. The number of nitrogens with zero attached hydrogens (tertiary/aromatic N) is 2. The number of aromatic carboxylic acids is 1. The fraction of sp³-hybridized carbons (Fsp3) is 0.0833. The molecule has 0 saturated heterocycles. The molecule has 0 spiro atoms. The first kappa shape index (κ1) is 12.6. The molecule has 98 valence electrons. The number of anilines is 2. The van der Waals surface area contributed by atoms with Crippen LogP contribution in [0.4, 0.5) is 11.4 Å². The van der Waals surface area contributed by atoms with Crippen molar-refractivity contribution in [2.75, 3.05) is 11.1 Å². The molecule has 1 aromatic heterocycles. The van der Waals surface area contributed by atoms with Crippen LogP contribution in [0.15, 0.2) is 36.5 Å². The highest BCUT2D eigenvalue weighted by molar-refractivity contribution is 5.92. The summed E-state index contributed by atoms with van der Waals surface area (Å²) in [5.41, 5.74) is 5.90. The number of para-hydroxylation sites is 1. The van der Waals surface area contributed by atoms with Crippen molar-refractivity contribution in [3.8, 4) is 0 Å². The van der Waals surface area contributed by atoms with Gasteiger partial charge in [0.15, 0.2) is 5.69 Å². The average molecular weight is 260 g/mol. The molecule has 19 heavy (non-hydrogen) atoms. The maximum absolute atomic E-state index is 11.7. The van der Waals surface area contributed by atoms with E-state index in [-0.39, 0.29) is 23.8 Å². The number of nitrogens with two attached hydrogens (primary N) is 1. The standard InChI is InChI=1S/C12H12N4O3/c13-9-6-16(15-11(9)12(18)19)7-10(17)14-8-4-2-1-3-5-8/h1-6H,7,13H2,(H,14,17)(H,18,19). The van der Waals surface area contributed by atoms with Crippen molar-refractivity contribution in [3.63, 3.8) is 0 Å². The number of hydrogen-bond acceptors (Lipinski definition) is 4. The number of hydrogen-bond donors (Lipinski definition) is 3. The minimum Gasteiger partial charge on any atom is -0.476 e. The SMILES string of the molecule is Nc1cn(CC(=O)Nc2ccccc2)nc1C(=O)O. The lowest BCUT2D eigenvalue weighted by atomic mass is 10.3. The topological polar surface area (TPSA) is 110 Å². The van der Waals surface area contributed by atoms with E-state index in [2.05, 4.69) is 10.4 Å². The second-order valence-corrected chi connectivity index (χ2v) is 3.85. The lowest BCUT2D eigenvalue weighted by Gasteiger charge is -2.04. The number of carboxylic acid groups (broad SMARTS) is 1. The Balaban J connectivity index is 2.03. The maximum Gasteiger partial charge on any atom is 0.358 e. The number of rotatable bonds is 4. The third-order valence-electron chi connectivity index (χ3n) is 2.36. The summed E-state index contributed by atoms with van der Waals surface area (Å²) in [6.45, 7) is -0.105. The molecule has 0 atom stereocenters. The van der Waals surface area contributed by atoms with E-state index >= 15 is 0 Å². The van der Waals surface area contributed by atoms with Crippen LogP contribution in [-0.4, -0.2) is 26.8 Å². The molecule has 7 nitrogen and oxygen atoms in total. The molecule has 1 amide bonds. The van der Waals surface area contributed by atoms with E-state index in [0.29, 0.717) is 5.69 Å². The highest BCUT2D eigenvalue weighted by Gasteiger charge is 2.14. The predicted octanol–water partition coefficient (Wildman–Crippen LogP) is 0.802. The Bertz CT molecular complexity index is 607. The summed E-state index contributed by atoms with van der Waals surface area (Å²) in [6, 6.07) is 8.92. The van der Waals surface area contributed by atoms with Crippen LogP contribution in [0.25, 0.3) is 0 Å². The molecule has 2 rings (SSSR count). The van der Waals surface area contributed by atoms with Crippen LogP contribution in [0.1, 0.15) is 10.5 Å². The molecular weight excluding hydrogens is 248 g/mol. The van der Waals surface area contributed by atoms with E-state index in [1.165, 1.54) is 10.9 Å². The van der Waals surface area contributed by atoms with Crippen molar-refractivity contribution in [3.05, 3.63) is 42.2 Å². The molecule has 0 unspecified atom stereocenters. The van der Waals surface area contributed by atoms with Gasteiger partial charge in [-0.25, -0.2) is 4.79 Å². The second kappa shape index (κ2) is 5.21. The van der Waals surface area contributed by atoms with Gasteiger partial charge in [0, 0.05) is 11.9 Å². The zero-order chi connectivity index (χ0) is 13.8. The molecule has 4 N–H and O–H groups in total. The molecule has 0 radical (unpaired) electrons. The van der Waals surface area contributed by atoms with E-state index in [0.717, 1.165) is 0 Å². The van der Waals surface area contributed by atoms with Gasteiger partial charge in [0.2, 0.25) is 5.91 Å². The number of carboxylic acids is 1. The first-order chi connectivity index (χ1) is 9.06. The Hall–Kier alpha value is -2.83. The number of benzene rings is 1. The normalized spacial score (nSPS) is 10.1. The van der Waals surface area contributed by atoms with Crippen molar-refractivity contribution >= 4 is 23.3 Å². The third kappa shape index (κ3) is 3.09. The lowest BCUT2D eigenvalue weighted by Crippen LogP contribution is -2.19. The molecule has 0 bridgehead atoms. The van der Waals surface area contributed by atoms with Crippen molar-refractivity contribution in [2.45, 2.75) is 6.54 Å². The van der Waals surface area contributed by atoms with Gasteiger partial charge in [-0.15, -0.1) is 0 Å². The third-order valence-corrected chi connectivity index (χ3v) is 2.36. The number of amides is 1. The van der Waals surface area contributed by atoms with Crippen LogP contribution >= 0.6 is 0 Å². The number of carbonyl (C=O) groups excluding carboxylic acids is 1. The Morgan fingerprint density at radius 2 is 2.00 bits per heavy atom. The summed E-state index contributed by atoms with van der Waals surface area (Å²) in [6.07, 6.45) is 1.31. The molecule has 0 aliphatic carbocycles. The maximum atomic E-state index is 11.7. The van der Waals surface area contributed by atoms with Gasteiger partial charge < -0.3 is 16.2 Å². The first-order valence-corrected chi connectivity index (χ1v) is 5.47. The van der Waals surface area contributed by atoms with Crippen LogP contribution in [0.3, 0.4) is 0 Å². The minimum absolute atomic E-state index is 0.0278. The molecule has 0 aliphatic heterocycles. The van der Waals surface area contributed by atoms with E-state index in [1.54, 1.807) is 24.3 Å². The Kier molecular flexibility index (Phi) is 3.46. The molecule has 0 aliphatic rings. The molecule has 1 heterocycles. The fourth-order valence-electron chi connectivity index (χ4n) is 1.55. The molecule has 0 fully saturated rings. The van der Waals surface area contributed by atoms with Gasteiger partial charge in [0.1, 0.15) is 6.54 Å². The van der Waals surface area contributed by atoms with E-state index in [4.69, 9.17) is 10.8 Å². The summed E-state index contributed by atoms with van der Waals surface area (Å²) in [7, 11) is 0. The van der Waals surface area contributed by atoms with Crippen LogP contribution in [0.5, 0.6) is 0 Å². The van der Waals surface area contributed by atoms with Crippen molar-refractivity contribution < 1.29 is 14.7 Å². The smallest absolute Gasteiger partial charge is 0.358 e. The Labute approximate surface area is 108 Å². The summed E-state index contributed by atoms with van der Waals surface area (Å²) in [5, 5.41) is 15.2. The highest BCUT2D eigenvalue weighted by Crippen LogP contribution is 2.09. The monoisotopic (exact) mass is 260 g/mol. The van der Waals surface area contributed by atoms with E-state index < -0.39 is 5.97 Å². The van der Waals surface area contributed by atoms with E-state index in [1.807, 2.05) is 6.07 Å². The average Bonchev–Trinajstić information content (AvgIpc) is 2.71. The first-order valence-electron chi connectivity index (χ1n) is 5.47. The largest absolute Gasteiger partial charge is 0.476 e. The number of nitrogens with one attached hydrogen (secondary N) is 1. The molecular formula is C12H12N4O3. The van der Waals surface area contributed by atoms with Gasteiger partial charge >= 0.3 is 5.97 Å². The fourth-order valence-corrected chi connectivity index (χ4v) is 1.55. The number of nitrogen functional groups attached to an aromatic ring is 1. The second-order valence-electron chi connectivity index (χ2n) is 3.85.